The lowest BCUT2D eigenvalue weighted by Gasteiger charge is -2.13. The van der Waals surface area contributed by atoms with E-state index < -0.39 is 5.91 Å². The first-order chi connectivity index (χ1) is 9.79. The molecule has 0 aliphatic carbocycles. The smallest absolute Gasteiger partial charge is 0.276 e. The molecular weight excluding hydrogens is 426 g/mol. The molecule has 0 radical (unpaired) electrons. The molecule has 2 amide bonds. The first-order valence-electron chi connectivity index (χ1n) is 5.74. The van der Waals surface area contributed by atoms with Gasteiger partial charge in [-0.15, -0.1) is 0 Å². The van der Waals surface area contributed by atoms with Gasteiger partial charge in [-0.2, -0.15) is 0 Å². The number of benzene rings is 1. The van der Waals surface area contributed by atoms with E-state index in [1.165, 1.54) is 6.92 Å². The molecule has 1 aromatic rings. The lowest BCUT2D eigenvalue weighted by molar-refractivity contribution is -0.124. The summed E-state index contributed by atoms with van der Waals surface area (Å²) in [5.74, 6) is -0.179. The van der Waals surface area contributed by atoms with Crippen LogP contribution < -0.4 is 20.9 Å². The number of carbonyl (C=O) groups excluding carboxylic acids is 2. The number of hydrogen-bond acceptors (Lipinski definition) is 4. The van der Waals surface area contributed by atoms with Gasteiger partial charge in [0.05, 0.1) is 4.47 Å². The number of hydrogen-bond donors (Lipinski definition) is 3. The van der Waals surface area contributed by atoms with Crippen LogP contribution in [0.1, 0.15) is 12.5 Å². The highest BCUT2D eigenvalue weighted by molar-refractivity contribution is 9.11. The zero-order valence-electron chi connectivity index (χ0n) is 11.3. The largest absolute Gasteiger partial charge is 0.482 e. The van der Waals surface area contributed by atoms with Crippen molar-refractivity contribution >= 4 is 61.0 Å². The van der Waals surface area contributed by atoms with Crippen LogP contribution in [0.2, 0.25) is 0 Å². The van der Waals surface area contributed by atoms with E-state index in [4.69, 9.17) is 17.0 Å². The molecule has 0 aliphatic rings. The second-order valence-corrected chi connectivity index (χ2v) is 6.18. The van der Waals surface area contributed by atoms with Crippen molar-refractivity contribution < 1.29 is 14.3 Å². The molecule has 0 saturated heterocycles. The van der Waals surface area contributed by atoms with Crippen LogP contribution in [0, 0.1) is 6.92 Å². The van der Waals surface area contributed by atoms with Crippen molar-refractivity contribution in [2.45, 2.75) is 13.8 Å². The highest BCUT2D eigenvalue weighted by atomic mass is 79.9. The number of carbonyl (C=O) groups is 2. The highest BCUT2D eigenvalue weighted by Gasteiger charge is 2.10. The van der Waals surface area contributed by atoms with Gasteiger partial charge in [0.2, 0.25) is 5.91 Å². The molecule has 0 bridgehead atoms. The molecule has 0 unspecified atom stereocenters. The summed E-state index contributed by atoms with van der Waals surface area (Å²) < 4.78 is 7.10. The van der Waals surface area contributed by atoms with Gasteiger partial charge in [-0.05, 0) is 52.8 Å². The molecule has 114 valence electrons. The van der Waals surface area contributed by atoms with E-state index in [0.717, 1.165) is 14.5 Å². The van der Waals surface area contributed by atoms with Gasteiger partial charge >= 0.3 is 0 Å². The Morgan fingerprint density at radius 1 is 1.29 bits per heavy atom. The van der Waals surface area contributed by atoms with Gasteiger partial charge in [-0.25, -0.2) is 0 Å². The summed E-state index contributed by atoms with van der Waals surface area (Å²) in [6, 6.07) is 3.70. The topological polar surface area (TPSA) is 79.5 Å². The fourth-order valence-electron chi connectivity index (χ4n) is 1.36. The number of hydrazine groups is 1. The van der Waals surface area contributed by atoms with Crippen molar-refractivity contribution in [3.63, 3.8) is 0 Å². The third-order valence-electron chi connectivity index (χ3n) is 2.15. The standard InChI is InChI=1S/C12H13Br2N3O3S/c1-6-3-8(13)4-9(14)11(6)20-5-10(19)16-17-12(21)15-7(2)18/h3-4H,5H2,1-2H3,(H,16,19)(H2,15,17,18,21). The Morgan fingerprint density at radius 2 is 1.95 bits per heavy atom. The molecule has 0 spiro atoms. The number of halogens is 2. The van der Waals surface area contributed by atoms with Crippen LogP contribution in [0.3, 0.4) is 0 Å². The average molecular weight is 439 g/mol. The fraction of sp³-hybridized carbons (Fsp3) is 0.250. The predicted molar refractivity (Wildman–Crippen MR) is 89.8 cm³/mol. The number of ether oxygens (including phenoxy) is 1. The lowest BCUT2D eigenvalue weighted by atomic mass is 10.2. The lowest BCUT2D eigenvalue weighted by Crippen LogP contribution is -2.49. The second-order valence-electron chi connectivity index (χ2n) is 4.01. The minimum atomic E-state index is -0.433. The number of rotatable bonds is 3. The molecule has 0 aromatic heterocycles. The van der Waals surface area contributed by atoms with E-state index in [0.29, 0.717) is 5.75 Å². The van der Waals surface area contributed by atoms with Crippen LogP contribution in [-0.4, -0.2) is 23.5 Å². The maximum absolute atomic E-state index is 11.6. The van der Waals surface area contributed by atoms with Crippen LogP contribution in [0.5, 0.6) is 5.75 Å². The summed E-state index contributed by atoms with van der Waals surface area (Å²) in [5, 5.41) is 2.32. The number of thiocarbonyl (C=S) groups is 1. The molecule has 6 nitrogen and oxygen atoms in total. The Bertz CT molecular complexity index is 558. The van der Waals surface area contributed by atoms with Crippen LogP contribution in [0.25, 0.3) is 0 Å². The van der Waals surface area contributed by atoms with E-state index in [1.807, 2.05) is 19.1 Å². The second kappa shape index (κ2) is 8.30. The summed E-state index contributed by atoms with van der Waals surface area (Å²) in [5.41, 5.74) is 5.58. The minimum absolute atomic E-state index is 0.0110. The molecular formula is C12H13Br2N3O3S. The molecule has 9 heteroatoms. The third-order valence-corrected chi connectivity index (χ3v) is 3.40. The maximum Gasteiger partial charge on any atom is 0.276 e. The van der Waals surface area contributed by atoms with Crippen LogP contribution in [-0.2, 0) is 9.59 Å². The zero-order chi connectivity index (χ0) is 16.0. The molecule has 1 rings (SSSR count). The summed E-state index contributed by atoms with van der Waals surface area (Å²) in [4.78, 5) is 22.3. The Morgan fingerprint density at radius 3 is 2.52 bits per heavy atom. The van der Waals surface area contributed by atoms with Crippen LogP contribution >= 0.6 is 44.1 Å². The first kappa shape index (κ1) is 17.9. The van der Waals surface area contributed by atoms with Gasteiger partial charge in [0.25, 0.3) is 5.91 Å². The van der Waals surface area contributed by atoms with E-state index in [9.17, 15) is 9.59 Å². The van der Waals surface area contributed by atoms with Gasteiger partial charge in [-0.1, -0.05) is 15.9 Å². The summed E-state index contributed by atoms with van der Waals surface area (Å²) in [7, 11) is 0. The van der Waals surface area contributed by atoms with E-state index in [-0.39, 0.29) is 17.6 Å². The average Bonchev–Trinajstić information content (AvgIpc) is 2.34. The number of amides is 2. The van der Waals surface area contributed by atoms with Crippen molar-refractivity contribution in [2.75, 3.05) is 6.61 Å². The quantitative estimate of drug-likeness (QED) is 0.496. The normalized spacial score (nSPS) is 9.71. The van der Waals surface area contributed by atoms with Gasteiger partial charge in [0.1, 0.15) is 5.75 Å². The first-order valence-corrected chi connectivity index (χ1v) is 7.74. The zero-order valence-corrected chi connectivity index (χ0v) is 15.2. The Balaban J connectivity index is 2.47. The summed E-state index contributed by atoms with van der Waals surface area (Å²) >= 11 is 11.5. The molecule has 0 atom stereocenters. The van der Waals surface area contributed by atoms with Crippen LogP contribution in [0.15, 0.2) is 21.1 Å². The van der Waals surface area contributed by atoms with Crippen molar-refractivity contribution in [1.82, 2.24) is 16.2 Å². The monoisotopic (exact) mass is 437 g/mol. The number of nitrogens with one attached hydrogen (secondary N) is 3. The van der Waals surface area contributed by atoms with Gasteiger partial charge in [-0.3, -0.25) is 20.4 Å². The third kappa shape index (κ3) is 6.40. The van der Waals surface area contributed by atoms with Crippen LogP contribution in [0.4, 0.5) is 0 Å². The Kier molecular flexibility index (Phi) is 7.06. The minimum Gasteiger partial charge on any atom is -0.482 e. The van der Waals surface area contributed by atoms with Crippen molar-refractivity contribution in [1.29, 1.82) is 0 Å². The molecule has 0 fully saturated rings. The van der Waals surface area contributed by atoms with E-state index in [2.05, 4.69) is 48.0 Å². The van der Waals surface area contributed by atoms with Crippen molar-refractivity contribution in [3.8, 4) is 5.75 Å². The number of aryl methyl sites for hydroxylation is 1. The molecule has 1 aromatic carbocycles. The molecule has 21 heavy (non-hydrogen) atoms. The molecule has 0 aliphatic heterocycles. The Labute approximate surface area is 144 Å². The SMILES string of the molecule is CC(=O)NC(=S)NNC(=O)COc1c(C)cc(Br)cc1Br. The van der Waals surface area contributed by atoms with Gasteiger partial charge in [0.15, 0.2) is 11.7 Å². The Hall–Kier alpha value is -1.19. The highest BCUT2D eigenvalue weighted by Crippen LogP contribution is 2.32. The fourth-order valence-corrected chi connectivity index (χ4v) is 3.11. The van der Waals surface area contributed by atoms with Crippen molar-refractivity contribution in [3.05, 3.63) is 26.6 Å². The molecule has 3 N–H and O–H groups in total. The van der Waals surface area contributed by atoms with Crippen molar-refractivity contribution in [2.24, 2.45) is 0 Å². The van der Waals surface area contributed by atoms with E-state index >= 15 is 0 Å². The maximum atomic E-state index is 11.6. The summed E-state index contributed by atoms with van der Waals surface area (Å²) in [6.07, 6.45) is 0. The molecule has 0 heterocycles. The van der Waals surface area contributed by atoms with Gasteiger partial charge < -0.3 is 10.1 Å². The predicted octanol–water partition coefficient (Wildman–Crippen LogP) is 1.94. The molecule has 0 saturated carbocycles. The summed E-state index contributed by atoms with van der Waals surface area (Å²) in [6.45, 7) is 2.98. The van der Waals surface area contributed by atoms with Gasteiger partial charge in [0, 0.05) is 11.4 Å². The van der Waals surface area contributed by atoms with E-state index in [1.54, 1.807) is 0 Å².